The zero-order chi connectivity index (χ0) is 19.2. The highest BCUT2D eigenvalue weighted by Gasteiger charge is 2.18. The number of benzene rings is 3. The summed E-state index contributed by atoms with van der Waals surface area (Å²) >= 11 is 8.20. The summed E-state index contributed by atoms with van der Waals surface area (Å²) in [5.74, 6) is 0.848. The number of carbonyl (C=O) groups is 1. The van der Waals surface area contributed by atoms with Crippen molar-refractivity contribution in [2.24, 2.45) is 0 Å². The quantitative estimate of drug-likeness (QED) is 0.308. The van der Waals surface area contributed by atoms with Gasteiger partial charge in [0, 0.05) is 26.3 Å². The number of halogens is 2. The molecule has 1 N–H and O–H groups in total. The van der Waals surface area contributed by atoms with Crippen LogP contribution in [0.4, 0.5) is 5.69 Å². The molecule has 27 heavy (non-hydrogen) atoms. The van der Waals surface area contributed by atoms with E-state index in [2.05, 4.69) is 27.9 Å². The van der Waals surface area contributed by atoms with E-state index >= 15 is 0 Å². The number of anilines is 1. The van der Waals surface area contributed by atoms with Crippen LogP contribution >= 0.6 is 34.2 Å². The molecule has 0 aliphatic heterocycles. The first-order valence-electron chi connectivity index (χ1n) is 8.50. The normalized spacial score (nSPS) is 11.7. The number of ketones is 1. The number of Topliss-reactive ketones (excluding diaryl/α,β-unsaturated/α-hetero) is 1. The van der Waals surface area contributed by atoms with Gasteiger partial charge in [0.25, 0.3) is 0 Å². The van der Waals surface area contributed by atoms with Crippen LogP contribution in [0.2, 0.25) is 5.02 Å². The van der Waals surface area contributed by atoms with E-state index in [1.54, 1.807) is 31.4 Å². The van der Waals surface area contributed by atoms with E-state index in [1.807, 2.05) is 48.5 Å². The Kier molecular flexibility index (Phi) is 6.74. The summed E-state index contributed by atoms with van der Waals surface area (Å²) in [6.45, 7) is 0. The second-order valence-electron chi connectivity index (χ2n) is 6.11. The summed E-state index contributed by atoms with van der Waals surface area (Å²) in [5, 5.41) is 4.10. The van der Waals surface area contributed by atoms with Gasteiger partial charge in [0.05, 0.1) is 13.2 Å². The maximum absolute atomic E-state index is 12.8. The summed E-state index contributed by atoms with van der Waals surface area (Å²) in [4.78, 5) is 12.8. The Morgan fingerprint density at radius 3 is 2.22 bits per heavy atom. The molecule has 0 aromatic heterocycles. The number of hydrogen-bond acceptors (Lipinski definition) is 3. The number of carbonyl (C=O) groups excluding carboxylic acids is 1. The molecule has 138 valence electrons. The Hall–Kier alpha value is -2.05. The van der Waals surface area contributed by atoms with Crippen LogP contribution in [0.5, 0.6) is 5.75 Å². The average molecular weight is 492 g/mol. The van der Waals surface area contributed by atoms with Crippen LogP contribution in [-0.2, 0) is 0 Å². The van der Waals surface area contributed by atoms with Crippen molar-refractivity contribution in [3.05, 3.63) is 92.5 Å². The molecule has 0 aliphatic rings. The van der Waals surface area contributed by atoms with Gasteiger partial charge in [0.2, 0.25) is 0 Å². The van der Waals surface area contributed by atoms with E-state index in [0.717, 1.165) is 20.6 Å². The van der Waals surface area contributed by atoms with Crippen molar-refractivity contribution in [3.8, 4) is 5.75 Å². The lowest BCUT2D eigenvalue weighted by Crippen LogP contribution is -2.16. The third-order valence-corrected chi connectivity index (χ3v) is 5.23. The van der Waals surface area contributed by atoms with Crippen LogP contribution in [0.1, 0.15) is 28.4 Å². The van der Waals surface area contributed by atoms with E-state index in [4.69, 9.17) is 16.3 Å². The molecule has 0 aliphatic carbocycles. The lowest BCUT2D eigenvalue weighted by atomic mass is 9.97. The lowest BCUT2D eigenvalue weighted by molar-refractivity contribution is 0.0976. The highest BCUT2D eigenvalue weighted by Crippen LogP contribution is 2.27. The minimum absolute atomic E-state index is 0.0606. The molecule has 5 heteroatoms. The summed E-state index contributed by atoms with van der Waals surface area (Å²) in [6.07, 6.45) is 0.333. The van der Waals surface area contributed by atoms with Crippen molar-refractivity contribution < 1.29 is 9.53 Å². The monoisotopic (exact) mass is 491 g/mol. The zero-order valence-corrected chi connectivity index (χ0v) is 17.7. The van der Waals surface area contributed by atoms with Gasteiger partial charge in [-0.05, 0) is 88.8 Å². The number of nitrogens with one attached hydrogen (secondary N) is 1. The van der Waals surface area contributed by atoms with Crippen LogP contribution in [-0.4, -0.2) is 12.9 Å². The minimum atomic E-state index is -0.154. The maximum Gasteiger partial charge on any atom is 0.165 e. The van der Waals surface area contributed by atoms with Gasteiger partial charge in [-0.15, -0.1) is 0 Å². The molecule has 0 unspecified atom stereocenters. The SMILES string of the molecule is COc1ccc([C@@H](CC(=O)c2ccc(Cl)cc2)Nc2ccc(I)cc2)cc1. The first-order valence-corrected chi connectivity index (χ1v) is 9.95. The van der Waals surface area contributed by atoms with Crippen LogP contribution in [0, 0.1) is 3.57 Å². The molecule has 0 fully saturated rings. The van der Waals surface area contributed by atoms with Crippen molar-refractivity contribution in [1.29, 1.82) is 0 Å². The van der Waals surface area contributed by atoms with Gasteiger partial charge in [-0.3, -0.25) is 4.79 Å². The molecule has 3 rings (SSSR count). The first-order chi connectivity index (χ1) is 13.0. The Labute approximate surface area is 177 Å². The van der Waals surface area contributed by atoms with Crippen molar-refractivity contribution >= 4 is 45.7 Å². The van der Waals surface area contributed by atoms with Crippen LogP contribution in [0.25, 0.3) is 0 Å². The van der Waals surface area contributed by atoms with Gasteiger partial charge < -0.3 is 10.1 Å². The molecule has 3 aromatic rings. The van der Waals surface area contributed by atoms with Crippen molar-refractivity contribution in [2.75, 3.05) is 12.4 Å². The molecule has 0 saturated heterocycles. The third-order valence-electron chi connectivity index (χ3n) is 4.26. The smallest absolute Gasteiger partial charge is 0.165 e. The van der Waals surface area contributed by atoms with Gasteiger partial charge in [-0.1, -0.05) is 23.7 Å². The minimum Gasteiger partial charge on any atom is -0.497 e. The fraction of sp³-hybridized carbons (Fsp3) is 0.136. The molecule has 0 radical (unpaired) electrons. The Bertz CT molecular complexity index is 893. The largest absolute Gasteiger partial charge is 0.497 e. The predicted molar refractivity (Wildman–Crippen MR) is 119 cm³/mol. The summed E-state index contributed by atoms with van der Waals surface area (Å²) < 4.78 is 6.40. The molecule has 3 nitrogen and oxygen atoms in total. The molecule has 0 spiro atoms. The van der Waals surface area contributed by atoms with Crippen LogP contribution < -0.4 is 10.1 Å². The zero-order valence-electron chi connectivity index (χ0n) is 14.8. The topological polar surface area (TPSA) is 38.3 Å². The highest BCUT2D eigenvalue weighted by molar-refractivity contribution is 14.1. The van der Waals surface area contributed by atoms with E-state index < -0.39 is 0 Å². The molecule has 0 heterocycles. The fourth-order valence-electron chi connectivity index (χ4n) is 2.77. The second-order valence-corrected chi connectivity index (χ2v) is 7.79. The lowest BCUT2D eigenvalue weighted by Gasteiger charge is -2.20. The highest BCUT2D eigenvalue weighted by atomic mass is 127. The molecular formula is C22H19ClINO2. The van der Waals surface area contributed by atoms with Crippen molar-refractivity contribution in [2.45, 2.75) is 12.5 Å². The summed E-state index contributed by atoms with van der Waals surface area (Å²) in [5.41, 5.74) is 2.65. The van der Waals surface area contributed by atoms with E-state index in [9.17, 15) is 4.79 Å². The van der Waals surface area contributed by atoms with E-state index in [0.29, 0.717) is 17.0 Å². The molecule has 0 amide bonds. The third kappa shape index (κ3) is 5.47. The summed E-state index contributed by atoms with van der Waals surface area (Å²) in [6, 6.07) is 22.8. The molecule has 3 aromatic carbocycles. The Morgan fingerprint density at radius 2 is 1.63 bits per heavy atom. The van der Waals surface area contributed by atoms with E-state index in [-0.39, 0.29) is 11.8 Å². The fourth-order valence-corrected chi connectivity index (χ4v) is 3.26. The van der Waals surface area contributed by atoms with Gasteiger partial charge in [0.1, 0.15) is 5.75 Å². The maximum atomic E-state index is 12.8. The van der Waals surface area contributed by atoms with Crippen LogP contribution in [0.3, 0.4) is 0 Å². The van der Waals surface area contributed by atoms with E-state index in [1.165, 1.54) is 0 Å². The standard InChI is InChI=1S/C22H19ClINO2/c1-27-20-12-4-15(5-13-20)21(25-19-10-8-18(24)9-11-19)14-22(26)16-2-6-17(23)7-3-16/h2-13,21,25H,14H2,1H3/t21-/m1/s1. The number of methoxy groups -OCH3 is 1. The number of ether oxygens (including phenoxy) is 1. The first kappa shape index (κ1) is 19.7. The number of hydrogen-bond donors (Lipinski definition) is 1. The summed E-state index contributed by atoms with van der Waals surface area (Å²) in [7, 11) is 1.64. The van der Waals surface area contributed by atoms with Gasteiger partial charge in [0.15, 0.2) is 5.78 Å². The van der Waals surface area contributed by atoms with Crippen molar-refractivity contribution in [1.82, 2.24) is 0 Å². The Morgan fingerprint density at radius 1 is 1.00 bits per heavy atom. The molecule has 0 bridgehead atoms. The van der Waals surface area contributed by atoms with Gasteiger partial charge in [-0.25, -0.2) is 0 Å². The van der Waals surface area contributed by atoms with Crippen LogP contribution in [0.15, 0.2) is 72.8 Å². The average Bonchev–Trinajstić information content (AvgIpc) is 2.69. The molecular weight excluding hydrogens is 473 g/mol. The predicted octanol–water partition coefficient (Wildman–Crippen LogP) is 6.38. The van der Waals surface area contributed by atoms with Gasteiger partial charge in [-0.2, -0.15) is 0 Å². The van der Waals surface area contributed by atoms with Gasteiger partial charge >= 0.3 is 0 Å². The molecule has 1 atom stereocenters. The second kappa shape index (κ2) is 9.24. The molecule has 0 saturated carbocycles. The Balaban J connectivity index is 1.84. The number of rotatable bonds is 7. The van der Waals surface area contributed by atoms with Crippen molar-refractivity contribution in [3.63, 3.8) is 0 Å².